The van der Waals surface area contributed by atoms with Crippen LogP contribution >= 0.6 is 24.0 Å². The van der Waals surface area contributed by atoms with Crippen molar-refractivity contribution in [1.29, 1.82) is 0 Å². The number of amides is 1. The minimum atomic E-state index is -0.964. The second-order valence-corrected chi connectivity index (χ2v) is 8.55. The van der Waals surface area contributed by atoms with Gasteiger partial charge in [0.15, 0.2) is 0 Å². The third-order valence-corrected chi connectivity index (χ3v) is 5.95. The number of phenols is 1. The van der Waals surface area contributed by atoms with E-state index in [4.69, 9.17) is 12.2 Å². The van der Waals surface area contributed by atoms with Gasteiger partial charge in [0.1, 0.15) is 10.1 Å². The van der Waals surface area contributed by atoms with E-state index >= 15 is 0 Å². The summed E-state index contributed by atoms with van der Waals surface area (Å²) in [4.78, 5) is 25.2. The van der Waals surface area contributed by atoms with Gasteiger partial charge >= 0.3 is 0 Å². The molecule has 0 bridgehead atoms. The Labute approximate surface area is 175 Å². The smallest absolute Gasteiger partial charge is 0.266 e. The highest BCUT2D eigenvalue weighted by atomic mass is 32.2. The molecule has 28 heavy (non-hydrogen) atoms. The van der Waals surface area contributed by atoms with Crippen LogP contribution in [0.3, 0.4) is 0 Å². The number of carboxylic acid groups (broad SMARTS) is 1. The van der Waals surface area contributed by atoms with Crippen LogP contribution in [0.15, 0.2) is 29.2 Å². The van der Waals surface area contributed by atoms with Crippen LogP contribution in [0.4, 0.5) is 0 Å². The van der Waals surface area contributed by atoms with Crippen molar-refractivity contribution in [3.63, 3.8) is 0 Å². The fourth-order valence-electron chi connectivity index (χ4n) is 3.01. The van der Waals surface area contributed by atoms with E-state index in [2.05, 4.69) is 0 Å². The van der Waals surface area contributed by atoms with E-state index in [1.165, 1.54) is 11.8 Å². The van der Waals surface area contributed by atoms with Gasteiger partial charge in [0, 0.05) is 12.5 Å². The summed E-state index contributed by atoms with van der Waals surface area (Å²) in [5.41, 5.74) is 0.859. The molecule has 1 fully saturated rings. The Morgan fingerprint density at radius 1 is 1.04 bits per heavy atom. The fraction of sp³-hybridized carbons (Fsp3) is 0.476. The quantitative estimate of drug-likeness (QED) is 0.314. The Balaban J connectivity index is 1.64. The van der Waals surface area contributed by atoms with E-state index in [1.807, 2.05) is 0 Å². The Hall–Kier alpha value is -1.86. The first kappa shape index (κ1) is 22.4. The summed E-state index contributed by atoms with van der Waals surface area (Å²) in [5.74, 6) is -0.813. The first-order valence-electron chi connectivity index (χ1n) is 9.71. The molecular formula is C21H26NO4S2-. The van der Waals surface area contributed by atoms with Crippen LogP contribution in [0.2, 0.25) is 0 Å². The summed E-state index contributed by atoms with van der Waals surface area (Å²) < 4.78 is 0.600. The molecule has 7 heteroatoms. The zero-order valence-corrected chi connectivity index (χ0v) is 17.5. The predicted molar refractivity (Wildman–Crippen MR) is 115 cm³/mol. The number of thiocarbonyl (C=S) groups is 1. The van der Waals surface area contributed by atoms with Crippen LogP contribution in [0.5, 0.6) is 5.75 Å². The predicted octanol–water partition coefficient (Wildman–Crippen LogP) is 3.85. The molecule has 1 aromatic carbocycles. The highest BCUT2D eigenvalue weighted by Crippen LogP contribution is 2.33. The van der Waals surface area contributed by atoms with Gasteiger partial charge in [0.25, 0.3) is 5.91 Å². The second-order valence-electron chi connectivity index (χ2n) is 6.88. The lowest BCUT2D eigenvalue weighted by Gasteiger charge is -2.14. The Bertz CT molecular complexity index is 716. The van der Waals surface area contributed by atoms with Crippen molar-refractivity contribution in [3.8, 4) is 5.75 Å². The maximum absolute atomic E-state index is 12.6. The minimum Gasteiger partial charge on any atom is -0.550 e. The number of thioether (sulfide) groups is 1. The molecule has 1 N–H and O–H groups in total. The number of carboxylic acids is 1. The van der Waals surface area contributed by atoms with Crippen LogP contribution in [0, 0.1) is 0 Å². The van der Waals surface area contributed by atoms with Gasteiger partial charge in [-0.05, 0) is 43.0 Å². The number of aliphatic carboxylic acids is 1. The first-order valence-corrected chi connectivity index (χ1v) is 10.9. The highest BCUT2D eigenvalue weighted by Gasteiger charge is 2.31. The van der Waals surface area contributed by atoms with Crippen molar-refractivity contribution in [2.75, 3.05) is 6.54 Å². The number of phenolic OH excluding ortho intramolecular Hbond substituents is 1. The lowest BCUT2D eigenvalue weighted by molar-refractivity contribution is -0.305. The average molecular weight is 421 g/mol. The van der Waals surface area contributed by atoms with Gasteiger partial charge in [-0.25, -0.2) is 0 Å². The monoisotopic (exact) mass is 420 g/mol. The topological polar surface area (TPSA) is 80.7 Å². The molecule has 0 aromatic heterocycles. The molecule has 1 amide bonds. The van der Waals surface area contributed by atoms with Gasteiger partial charge in [-0.1, -0.05) is 74.6 Å². The number of carbonyl (C=O) groups excluding carboxylic acids is 2. The van der Waals surface area contributed by atoms with Gasteiger partial charge in [-0.15, -0.1) is 0 Å². The molecule has 2 rings (SSSR count). The summed E-state index contributed by atoms with van der Waals surface area (Å²) >= 11 is 6.67. The van der Waals surface area contributed by atoms with Crippen molar-refractivity contribution in [1.82, 2.24) is 4.90 Å². The third-order valence-electron chi connectivity index (χ3n) is 4.58. The van der Waals surface area contributed by atoms with Crippen LogP contribution < -0.4 is 5.11 Å². The highest BCUT2D eigenvalue weighted by molar-refractivity contribution is 8.26. The number of aromatic hydroxyl groups is 1. The number of hydrogen-bond donors (Lipinski definition) is 1. The Morgan fingerprint density at radius 3 is 2.21 bits per heavy atom. The van der Waals surface area contributed by atoms with Crippen molar-refractivity contribution in [3.05, 3.63) is 34.7 Å². The summed E-state index contributed by atoms with van der Waals surface area (Å²) in [6.07, 6.45) is 9.99. The lowest BCUT2D eigenvalue weighted by atomic mass is 10.1. The fourth-order valence-corrected chi connectivity index (χ4v) is 4.32. The van der Waals surface area contributed by atoms with Crippen LogP contribution in [0.1, 0.15) is 63.4 Å². The van der Waals surface area contributed by atoms with Crippen LogP contribution in [0.25, 0.3) is 6.08 Å². The molecule has 0 atom stereocenters. The van der Waals surface area contributed by atoms with E-state index in [-0.39, 0.29) is 18.1 Å². The second kappa shape index (κ2) is 11.9. The molecule has 0 aliphatic carbocycles. The van der Waals surface area contributed by atoms with Crippen molar-refractivity contribution >= 4 is 46.3 Å². The summed E-state index contributed by atoms with van der Waals surface area (Å²) in [5, 5.41) is 19.7. The summed E-state index contributed by atoms with van der Waals surface area (Å²) in [7, 11) is 0. The van der Waals surface area contributed by atoms with E-state index in [0.29, 0.717) is 22.2 Å². The van der Waals surface area contributed by atoms with Gasteiger partial charge in [-0.3, -0.25) is 9.69 Å². The average Bonchev–Trinajstić information content (AvgIpc) is 2.92. The molecule has 1 heterocycles. The van der Waals surface area contributed by atoms with E-state index in [0.717, 1.165) is 50.5 Å². The number of benzene rings is 1. The molecule has 1 saturated heterocycles. The Morgan fingerprint density at radius 2 is 1.61 bits per heavy atom. The number of unbranched alkanes of at least 4 members (excludes halogenated alkanes) is 7. The summed E-state index contributed by atoms with van der Waals surface area (Å²) in [6.45, 7) is 0.642. The maximum atomic E-state index is 12.6. The number of hydrogen-bond acceptors (Lipinski definition) is 6. The number of nitrogens with zero attached hydrogens (tertiary/aromatic N) is 1. The normalized spacial score (nSPS) is 15.6. The molecule has 0 saturated carbocycles. The summed E-state index contributed by atoms with van der Waals surface area (Å²) in [6, 6.07) is 6.72. The van der Waals surface area contributed by atoms with E-state index < -0.39 is 5.97 Å². The van der Waals surface area contributed by atoms with Crippen LogP contribution in [-0.4, -0.2) is 32.7 Å². The van der Waals surface area contributed by atoms with Gasteiger partial charge < -0.3 is 15.0 Å². The molecule has 0 spiro atoms. The molecule has 0 unspecified atom stereocenters. The minimum absolute atomic E-state index is 0.0454. The first-order chi connectivity index (χ1) is 13.5. The SMILES string of the molecule is O=C([O-])CCCCCCCCCCN1C(=O)/C(=C/c2ccc(O)cc2)SC1=S. The molecule has 1 aromatic rings. The number of rotatable bonds is 12. The van der Waals surface area contributed by atoms with Gasteiger partial charge in [0.2, 0.25) is 0 Å². The lowest BCUT2D eigenvalue weighted by Crippen LogP contribution is -2.29. The van der Waals surface area contributed by atoms with Gasteiger partial charge in [-0.2, -0.15) is 0 Å². The molecular weight excluding hydrogens is 394 g/mol. The zero-order chi connectivity index (χ0) is 20.4. The van der Waals surface area contributed by atoms with E-state index in [1.54, 1.807) is 35.2 Å². The van der Waals surface area contributed by atoms with Crippen LogP contribution in [-0.2, 0) is 9.59 Å². The molecule has 152 valence electrons. The number of carbonyl (C=O) groups is 2. The van der Waals surface area contributed by atoms with Crippen molar-refractivity contribution < 1.29 is 19.8 Å². The van der Waals surface area contributed by atoms with Crippen molar-refractivity contribution in [2.24, 2.45) is 0 Å². The van der Waals surface area contributed by atoms with Gasteiger partial charge in [0.05, 0.1) is 4.91 Å². The standard InChI is InChI=1S/C21H27NO4S2/c23-17-12-10-16(11-13-17)15-18-20(26)22(21(27)28-18)14-8-6-4-2-1-3-5-7-9-19(24)25/h10-13,15,23H,1-9,14H2,(H,24,25)/p-1/b18-15-. The van der Waals surface area contributed by atoms with E-state index in [9.17, 15) is 19.8 Å². The third kappa shape index (κ3) is 7.64. The molecule has 1 aliphatic heterocycles. The zero-order valence-electron chi connectivity index (χ0n) is 15.9. The molecule has 1 aliphatic rings. The molecule has 5 nitrogen and oxygen atoms in total. The Kier molecular flexibility index (Phi) is 9.50. The molecule has 0 radical (unpaired) electrons. The maximum Gasteiger partial charge on any atom is 0.266 e. The largest absolute Gasteiger partial charge is 0.550 e. The van der Waals surface area contributed by atoms with Crippen molar-refractivity contribution in [2.45, 2.75) is 57.8 Å².